The Balaban J connectivity index is 2.15. The number of aromatic nitrogens is 1. The van der Waals surface area contributed by atoms with Gasteiger partial charge in [-0.25, -0.2) is 0 Å². The molecule has 1 unspecified atom stereocenters. The third-order valence-corrected chi connectivity index (χ3v) is 3.73. The lowest BCUT2D eigenvalue weighted by Gasteiger charge is -2.18. The molecule has 2 aromatic rings. The van der Waals surface area contributed by atoms with Crippen molar-refractivity contribution in [2.24, 2.45) is 11.5 Å². The van der Waals surface area contributed by atoms with Crippen LogP contribution in [0, 0.1) is 0 Å². The lowest BCUT2D eigenvalue weighted by molar-refractivity contribution is 0.100. The van der Waals surface area contributed by atoms with Gasteiger partial charge in [0.1, 0.15) is 0 Å². The van der Waals surface area contributed by atoms with E-state index in [9.17, 15) is 4.79 Å². The lowest BCUT2D eigenvalue weighted by Crippen LogP contribution is -2.27. The molecule has 0 aliphatic heterocycles. The van der Waals surface area contributed by atoms with Gasteiger partial charge in [-0.15, -0.1) is 0 Å². The first kappa shape index (κ1) is 11.4. The van der Waals surface area contributed by atoms with Gasteiger partial charge >= 0.3 is 0 Å². The number of nitrogens with one attached hydrogen (secondary N) is 1. The summed E-state index contributed by atoms with van der Waals surface area (Å²) in [5, 5.41) is 1.12. The monoisotopic (exact) mass is 243 g/mol. The van der Waals surface area contributed by atoms with Crippen molar-refractivity contribution in [3.05, 3.63) is 35.0 Å². The van der Waals surface area contributed by atoms with Gasteiger partial charge in [0.15, 0.2) is 5.78 Å². The van der Waals surface area contributed by atoms with Crippen LogP contribution in [0.25, 0.3) is 10.9 Å². The first-order valence-electron chi connectivity index (χ1n) is 6.31. The fourth-order valence-corrected chi connectivity index (χ4v) is 2.74. The van der Waals surface area contributed by atoms with Crippen LogP contribution in [-0.4, -0.2) is 23.4 Å². The van der Waals surface area contributed by atoms with Gasteiger partial charge in [-0.3, -0.25) is 4.79 Å². The molecule has 0 spiro atoms. The lowest BCUT2D eigenvalue weighted by atomic mass is 9.91. The summed E-state index contributed by atoms with van der Waals surface area (Å²) in [5.74, 6) is -0.0213. The number of benzene rings is 1. The molecule has 4 heteroatoms. The molecular formula is C14H17N3O. The number of H-pyrrole nitrogens is 1. The van der Waals surface area contributed by atoms with Crippen LogP contribution in [0.1, 0.15) is 28.0 Å². The molecule has 0 fully saturated rings. The Bertz CT molecular complexity index is 615. The number of nitrogens with two attached hydrogens (primary N) is 2. The molecule has 18 heavy (non-hydrogen) atoms. The Kier molecular flexibility index (Phi) is 2.69. The molecule has 1 atom stereocenters. The van der Waals surface area contributed by atoms with E-state index in [0.717, 1.165) is 30.2 Å². The van der Waals surface area contributed by atoms with Crippen molar-refractivity contribution >= 4 is 16.7 Å². The zero-order valence-corrected chi connectivity index (χ0v) is 10.2. The van der Waals surface area contributed by atoms with Crippen LogP contribution in [-0.2, 0) is 12.8 Å². The van der Waals surface area contributed by atoms with Gasteiger partial charge in [-0.2, -0.15) is 0 Å². The van der Waals surface area contributed by atoms with Crippen LogP contribution in [0.2, 0.25) is 0 Å². The highest BCUT2D eigenvalue weighted by molar-refractivity contribution is 6.01. The van der Waals surface area contributed by atoms with Gasteiger partial charge in [0.05, 0.1) is 6.54 Å². The molecule has 0 radical (unpaired) electrons. The molecule has 0 saturated carbocycles. The second-order valence-electron chi connectivity index (χ2n) is 4.97. The maximum atomic E-state index is 11.7. The standard InChI is InChI=1S/C14H17N3O/c15-7-14(18)8-1-3-12-10(5-8)11-6-9(16)2-4-13(11)17-12/h1,3,5,9,17H,2,4,6-7,15-16H2. The van der Waals surface area contributed by atoms with Crippen molar-refractivity contribution in [2.75, 3.05) is 6.54 Å². The van der Waals surface area contributed by atoms with Crippen LogP contribution < -0.4 is 11.5 Å². The van der Waals surface area contributed by atoms with Crippen LogP contribution in [0.3, 0.4) is 0 Å². The minimum atomic E-state index is -0.0213. The highest BCUT2D eigenvalue weighted by atomic mass is 16.1. The Hall–Kier alpha value is -1.65. The molecular weight excluding hydrogens is 226 g/mol. The zero-order chi connectivity index (χ0) is 12.7. The molecule has 4 nitrogen and oxygen atoms in total. The molecule has 1 heterocycles. The predicted octanol–water partition coefficient (Wildman–Crippen LogP) is 1.13. The fourth-order valence-electron chi connectivity index (χ4n) is 2.74. The third-order valence-electron chi connectivity index (χ3n) is 3.73. The SMILES string of the molecule is NCC(=O)c1ccc2[nH]c3c(c2c1)CC(N)CC3. The molecule has 3 rings (SSSR count). The summed E-state index contributed by atoms with van der Waals surface area (Å²) in [5.41, 5.74) is 15.7. The van der Waals surface area contributed by atoms with Crippen molar-refractivity contribution in [1.29, 1.82) is 0 Å². The summed E-state index contributed by atoms with van der Waals surface area (Å²) in [6.07, 6.45) is 2.90. The second-order valence-corrected chi connectivity index (χ2v) is 4.97. The first-order chi connectivity index (χ1) is 8.69. The maximum Gasteiger partial charge on any atom is 0.176 e. The molecule has 1 aromatic carbocycles. The van der Waals surface area contributed by atoms with E-state index < -0.39 is 0 Å². The average molecular weight is 243 g/mol. The molecule has 0 saturated heterocycles. The summed E-state index contributed by atoms with van der Waals surface area (Å²) in [7, 11) is 0. The Morgan fingerprint density at radius 2 is 2.28 bits per heavy atom. The number of ketones is 1. The van der Waals surface area contributed by atoms with Crippen molar-refractivity contribution < 1.29 is 4.79 Å². The fraction of sp³-hybridized carbons (Fsp3) is 0.357. The molecule has 0 amide bonds. The number of carbonyl (C=O) groups is 1. The quantitative estimate of drug-likeness (QED) is 0.691. The number of hydrogen-bond acceptors (Lipinski definition) is 3. The van der Waals surface area contributed by atoms with E-state index in [4.69, 9.17) is 11.5 Å². The van der Waals surface area contributed by atoms with E-state index in [1.807, 2.05) is 18.2 Å². The average Bonchev–Trinajstić information content (AvgIpc) is 2.75. The number of aryl methyl sites for hydroxylation is 1. The van der Waals surface area contributed by atoms with E-state index in [-0.39, 0.29) is 18.4 Å². The minimum Gasteiger partial charge on any atom is -0.358 e. The summed E-state index contributed by atoms with van der Waals surface area (Å²) < 4.78 is 0. The number of fused-ring (bicyclic) bond motifs is 3. The highest BCUT2D eigenvalue weighted by Gasteiger charge is 2.20. The predicted molar refractivity (Wildman–Crippen MR) is 71.7 cm³/mol. The molecule has 1 aliphatic carbocycles. The largest absolute Gasteiger partial charge is 0.358 e. The van der Waals surface area contributed by atoms with Crippen LogP contribution >= 0.6 is 0 Å². The highest BCUT2D eigenvalue weighted by Crippen LogP contribution is 2.29. The first-order valence-corrected chi connectivity index (χ1v) is 6.31. The van der Waals surface area contributed by atoms with Gasteiger partial charge < -0.3 is 16.5 Å². The number of hydrogen-bond donors (Lipinski definition) is 3. The Morgan fingerprint density at radius 1 is 1.44 bits per heavy atom. The van der Waals surface area contributed by atoms with Crippen LogP contribution in [0.5, 0.6) is 0 Å². The van der Waals surface area contributed by atoms with E-state index in [2.05, 4.69) is 4.98 Å². The number of Topliss-reactive ketones (excluding diaryl/α,β-unsaturated/α-hetero) is 1. The minimum absolute atomic E-state index is 0.0213. The van der Waals surface area contributed by atoms with Crippen molar-refractivity contribution in [3.8, 4) is 0 Å². The van der Waals surface area contributed by atoms with E-state index in [1.165, 1.54) is 11.3 Å². The van der Waals surface area contributed by atoms with Gasteiger partial charge in [0, 0.05) is 28.2 Å². The summed E-state index contributed by atoms with van der Waals surface area (Å²) in [6.45, 7) is 0.0532. The van der Waals surface area contributed by atoms with Crippen molar-refractivity contribution in [2.45, 2.75) is 25.3 Å². The van der Waals surface area contributed by atoms with Gasteiger partial charge in [-0.1, -0.05) is 0 Å². The van der Waals surface area contributed by atoms with E-state index >= 15 is 0 Å². The Morgan fingerprint density at radius 3 is 3.06 bits per heavy atom. The van der Waals surface area contributed by atoms with Crippen LogP contribution in [0.15, 0.2) is 18.2 Å². The molecule has 1 aliphatic rings. The van der Waals surface area contributed by atoms with Gasteiger partial charge in [-0.05, 0) is 43.0 Å². The van der Waals surface area contributed by atoms with E-state index in [0.29, 0.717) is 5.56 Å². The van der Waals surface area contributed by atoms with Crippen molar-refractivity contribution in [1.82, 2.24) is 4.98 Å². The molecule has 1 aromatic heterocycles. The smallest absolute Gasteiger partial charge is 0.176 e. The second kappa shape index (κ2) is 4.23. The van der Waals surface area contributed by atoms with E-state index in [1.54, 1.807) is 0 Å². The molecule has 94 valence electrons. The normalized spacial score (nSPS) is 18.9. The van der Waals surface area contributed by atoms with Crippen molar-refractivity contribution in [3.63, 3.8) is 0 Å². The molecule has 5 N–H and O–H groups in total. The molecule has 0 bridgehead atoms. The number of carbonyl (C=O) groups excluding carboxylic acids is 1. The third kappa shape index (κ3) is 1.74. The number of aromatic amines is 1. The topological polar surface area (TPSA) is 84.9 Å². The summed E-state index contributed by atoms with van der Waals surface area (Å²) >= 11 is 0. The summed E-state index contributed by atoms with van der Waals surface area (Å²) in [6, 6.07) is 5.96. The maximum absolute atomic E-state index is 11.7. The summed E-state index contributed by atoms with van der Waals surface area (Å²) in [4.78, 5) is 15.1. The Labute approximate surface area is 105 Å². The van der Waals surface area contributed by atoms with Crippen LogP contribution in [0.4, 0.5) is 0 Å². The number of rotatable bonds is 2. The zero-order valence-electron chi connectivity index (χ0n) is 10.2. The van der Waals surface area contributed by atoms with Gasteiger partial charge in [0.25, 0.3) is 0 Å². The van der Waals surface area contributed by atoms with Gasteiger partial charge in [0.2, 0.25) is 0 Å².